The minimum absolute atomic E-state index is 0.144. The van der Waals surface area contributed by atoms with Crippen molar-refractivity contribution < 1.29 is 4.79 Å². The van der Waals surface area contributed by atoms with Gasteiger partial charge >= 0.3 is 0 Å². The largest absolute Gasteiger partial charge is 0.319 e. The van der Waals surface area contributed by atoms with Gasteiger partial charge in [-0.05, 0) is 48.7 Å². The van der Waals surface area contributed by atoms with Gasteiger partial charge < -0.3 is 9.72 Å². The van der Waals surface area contributed by atoms with Crippen molar-refractivity contribution in [3.63, 3.8) is 0 Å². The highest BCUT2D eigenvalue weighted by atomic mass is 16.1. The lowest BCUT2D eigenvalue weighted by molar-refractivity contribution is 0.102. The fraction of sp³-hybridized carbons (Fsp3) is 0.0714. The second-order valence-electron chi connectivity index (χ2n) is 8.05. The minimum Gasteiger partial charge on any atom is -0.319 e. The number of fused-ring (bicyclic) bond motifs is 1. The molecule has 3 aromatic carbocycles. The average Bonchev–Trinajstić information content (AvgIpc) is 3.24. The molecule has 156 valence electrons. The van der Waals surface area contributed by atoms with E-state index in [0.29, 0.717) is 11.3 Å². The van der Waals surface area contributed by atoms with E-state index in [2.05, 4.69) is 41.7 Å². The summed E-state index contributed by atoms with van der Waals surface area (Å²) < 4.78 is 1.97. The average molecular weight is 418 g/mol. The number of aromatic nitrogens is 2. The van der Waals surface area contributed by atoms with Crippen LogP contribution in [0.15, 0.2) is 97.3 Å². The van der Waals surface area contributed by atoms with E-state index in [4.69, 9.17) is 4.98 Å². The predicted octanol–water partition coefficient (Wildman–Crippen LogP) is 6.54. The molecule has 4 heteroatoms. The fourth-order valence-electron chi connectivity index (χ4n) is 3.83. The number of nitrogens with zero attached hydrogens (tertiary/aromatic N) is 2. The molecule has 5 rings (SSSR count). The molecular formula is C28H23N3O. The molecule has 0 unspecified atom stereocenters. The van der Waals surface area contributed by atoms with E-state index in [1.807, 2.05) is 79.2 Å². The summed E-state index contributed by atoms with van der Waals surface area (Å²) >= 11 is 0. The molecule has 0 saturated carbocycles. The van der Waals surface area contributed by atoms with Crippen LogP contribution in [-0.4, -0.2) is 15.3 Å². The summed E-state index contributed by atoms with van der Waals surface area (Å²) in [7, 11) is 0. The quantitative estimate of drug-likeness (QED) is 0.361. The van der Waals surface area contributed by atoms with E-state index >= 15 is 0 Å². The lowest BCUT2D eigenvalue weighted by atomic mass is 10.0. The zero-order valence-corrected chi connectivity index (χ0v) is 18.0. The van der Waals surface area contributed by atoms with Crippen LogP contribution in [0.3, 0.4) is 0 Å². The molecule has 32 heavy (non-hydrogen) atoms. The Labute approximate surface area is 187 Å². The Bertz CT molecular complexity index is 1400. The van der Waals surface area contributed by atoms with E-state index < -0.39 is 0 Å². The van der Waals surface area contributed by atoms with E-state index in [0.717, 1.165) is 28.0 Å². The van der Waals surface area contributed by atoms with Gasteiger partial charge in [-0.15, -0.1) is 0 Å². The maximum absolute atomic E-state index is 12.8. The summed E-state index contributed by atoms with van der Waals surface area (Å²) in [5.41, 5.74) is 8.45. The Balaban J connectivity index is 1.47. The predicted molar refractivity (Wildman–Crippen MR) is 130 cm³/mol. The molecule has 0 aliphatic carbocycles. The van der Waals surface area contributed by atoms with Crippen LogP contribution in [0.4, 0.5) is 5.69 Å². The molecule has 1 N–H and O–H groups in total. The highest BCUT2D eigenvalue weighted by molar-refractivity contribution is 6.06. The maximum atomic E-state index is 12.8. The van der Waals surface area contributed by atoms with E-state index in [1.54, 1.807) is 0 Å². The Morgan fingerprint density at radius 3 is 2.12 bits per heavy atom. The number of amides is 1. The minimum atomic E-state index is -0.144. The molecule has 0 spiro atoms. The third-order valence-corrected chi connectivity index (χ3v) is 5.54. The number of imidazole rings is 1. The zero-order chi connectivity index (χ0) is 22.1. The number of benzene rings is 3. The molecule has 5 aromatic rings. The molecule has 0 aliphatic rings. The first-order chi connectivity index (χ1) is 15.6. The van der Waals surface area contributed by atoms with Gasteiger partial charge in [-0.2, -0.15) is 0 Å². The van der Waals surface area contributed by atoms with Gasteiger partial charge in [-0.3, -0.25) is 4.79 Å². The van der Waals surface area contributed by atoms with Crippen molar-refractivity contribution in [1.82, 2.24) is 9.38 Å². The zero-order valence-electron chi connectivity index (χ0n) is 18.0. The monoisotopic (exact) mass is 417 g/mol. The number of anilines is 1. The summed E-state index contributed by atoms with van der Waals surface area (Å²) in [5.74, 6) is -0.144. The van der Waals surface area contributed by atoms with Crippen LogP contribution in [0.25, 0.3) is 28.0 Å². The number of rotatable bonds is 4. The third kappa shape index (κ3) is 3.91. The van der Waals surface area contributed by atoms with Crippen molar-refractivity contribution in [2.45, 2.75) is 13.8 Å². The molecule has 0 saturated heterocycles. The van der Waals surface area contributed by atoms with Crippen molar-refractivity contribution in [3.05, 3.63) is 114 Å². The highest BCUT2D eigenvalue weighted by Gasteiger charge is 2.13. The van der Waals surface area contributed by atoms with Crippen LogP contribution >= 0.6 is 0 Å². The van der Waals surface area contributed by atoms with E-state index in [9.17, 15) is 4.79 Å². The topological polar surface area (TPSA) is 46.4 Å². The van der Waals surface area contributed by atoms with E-state index in [1.165, 1.54) is 11.1 Å². The number of hydrogen-bond acceptors (Lipinski definition) is 2. The SMILES string of the molecule is Cc1ccc(C(=O)Nc2cc(C)cn3cc(-c4ccc(-c5ccccc5)cc4)nc23)cc1. The number of nitrogens with one attached hydrogen (secondary N) is 1. The second kappa shape index (κ2) is 8.16. The van der Waals surface area contributed by atoms with Crippen molar-refractivity contribution in [2.24, 2.45) is 0 Å². The van der Waals surface area contributed by atoms with Crippen LogP contribution < -0.4 is 5.32 Å². The van der Waals surface area contributed by atoms with Crippen molar-refractivity contribution in [3.8, 4) is 22.4 Å². The lowest BCUT2D eigenvalue weighted by Crippen LogP contribution is -2.13. The molecule has 2 aromatic heterocycles. The molecule has 1 amide bonds. The molecule has 0 bridgehead atoms. The van der Waals surface area contributed by atoms with Crippen molar-refractivity contribution in [1.29, 1.82) is 0 Å². The summed E-state index contributed by atoms with van der Waals surface area (Å²) in [6.45, 7) is 4.01. The van der Waals surface area contributed by atoms with Crippen LogP contribution in [0.5, 0.6) is 0 Å². The molecule has 4 nitrogen and oxygen atoms in total. The second-order valence-corrected chi connectivity index (χ2v) is 8.05. The first-order valence-electron chi connectivity index (χ1n) is 10.6. The summed E-state index contributed by atoms with van der Waals surface area (Å²) in [4.78, 5) is 17.6. The molecular weight excluding hydrogens is 394 g/mol. The Kier molecular flexibility index (Phi) is 5.04. The number of carbonyl (C=O) groups is 1. The summed E-state index contributed by atoms with van der Waals surface area (Å²) in [6, 6.07) is 28.2. The van der Waals surface area contributed by atoms with Gasteiger partial charge in [0.25, 0.3) is 5.91 Å². The highest BCUT2D eigenvalue weighted by Crippen LogP contribution is 2.27. The molecule has 0 fully saturated rings. The van der Waals surface area contributed by atoms with Gasteiger partial charge in [-0.1, -0.05) is 72.3 Å². The van der Waals surface area contributed by atoms with Gasteiger partial charge in [0.2, 0.25) is 0 Å². The molecule has 0 aliphatic heterocycles. The number of pyridine rings is 1. The van der Waals surface area contributed by atoms with Gasteiger partial charge in [-0.25, -0.2) is 4.98 Å². The van der Waals surface area contributed by atoms with Crippen LogP contribution in [0, 0.1) is 13.8 Å². The standard InChI is InChI=1S/C28H23N3O/c1-19-8-10-24(11-9-19)28(32)30-25-16-20(2)17-31-18-26(29-27(25)31)23-14-12-22(13-15-23)21-6-4-3-5-7-21/h3-18H,1-2H3,(H,30,32). The van der Waals surface area contributed by atoms with Gasteiger partial charge in [0.15, 0.2) is 5.65 Å². The van der Waals surface area contributed by atoms with E-state index in [-0.39, 0.29) is 5.91 Å². The van der Waals surface area contributed by atoms with Gasteiger partial charge in [0, 0.05) is 23.5 Å². The Morgan fingerprint density at radius 2 is 1.41 bits per heavy atom. The summed E-state index contributed by atoms with van der Waals surface area (Å²) in [6.07, 6.45) is 4.02. The summed E-state index contributed by atoms with van der Waals surface area (Å²) in [5, 5.41) is 3.03. The number of aryl methyl sites for hydroxylation is 2. The maximum Gasteiger partial charge on any atom is 0.255 e. The molecule has 0 radical (unpaired) electrons. The van der Waals surface area contributed by atoms with Crippen molar-refractivity contribution in [2.75, 3.05) is 5.32 Å². The molecule has 2 heterocycles. The van der Waals surface area contributed by atoms with Crippen LogP contribution in [-0.2, 0) is 0 Å². The van der Waals surface area contributed by atoms with Crippen LogP contribution in [0.1, 0.15) is 21.5 Å². The molecule has 0 atom stereocenters. The Hall–Kier alpha value is -4.18. The van der Waals surface area contributed by atoms with Gasteiger partial charge in [0.05, 0.1) is 11.4 Å². The smallest absolute Gasteiger partial charge is 0.255 e. The van der Waals surface area contributed by atoms with Crippen LogP contribution in [0.2, 0.25) is 0 Å². The number of carbonyl (C=O) groups excluding carboxylic acids is 1. The van der Waals surface area contributed by atoms with Crippen molar-refractivity contribution >= 4 is 17.2 Å². The Morgan fingerprint density at radius 1 is 0.750 bits per heavy atom. The fourth-order valence-corrected chi connectivity index (χ4v) is 3.83. The first kappa shape index (κ1) is 19.8. The lowest BCUT2D eigenvalue weighted by Gasteiger charge is -2.08. The normalized spacial score (nSPS) is 10.9. The first-order valence-corrected chi connectivity index (χ1v) is 10.6. The van der Waals surface area contributed by atoms with Gasteiger partial charge in [0.1, 0.15) is 0 Å². The number of hydrogen-bond donors (Lipinski definition) is 1. The third-order valence-electron chi connectivity index (χ3n) is 5.54.